The van der Waals surface area contributed by atoms with Gasteiger partial charge in [0.15, 0.2) is 5.60 Å². The fourth-order valence-electron chi connectivity index (χ4n) is 3.49. The normalized spacial score (nSPS) is 22.4. The van der Waals surface area contributed by atoms with Crippen molar-refractivity contribution >= 4 is 28.7 Å². The van der Waals surface area contributed by atoms with Crippen LogP contribution in [-0.4, -0.2) is 34.1 Å². The fraction of sp³-hybridized carbons (Fsp3) is 0.318. The lowest BCUT2D eigenvalue weighted by atomic mass is 10.0. The van der Waals surface area contributed by atoms with Gasteiger partial charge in [0.1, 0.15) is 21.5 Å². The van der Waals surface area contributed by atoms with E-state index < -0.39 is 28.0 Å². The molecule has 162 valence electrons. The van der Waals surface area contributed by atoms with Gasteiger partial charge in [0.05, 0.1) is 0 Å². The van der Waals surface area contributed by atoms with Gasteiger partial charge in [0, 0.05) is 5.56 Å². The lowest BCUT2D eigenvalue weighted by Gasteiger charge is -2.36. The average molecular weight is 445 g/mol. The van der Waals surface area contributed by atoms with E-state index in [0.29, 0.717) is 19.4 Å². The van der Waals surface area contributed by atoms with Gasteiger partial charge in [-0.25, -0.2) is 8.78 Å². The molecule has 0 aromatic heterocycles. The molecular weight excluding hydrogens is 422 g/mol. The molecule has 0 bridgehead atoms. The number of hydrogen-bond acceptors (Lipinski definition) is 6. The number of amides is 1. The lowest BCUT2D eigenvalue weighted by molar-refractivity contribution is -0.128. The number of halogens is 2. The number of aliphatic imine (C=N–C) groups is 1. The summed E-state index contributed by atoms with van der Waals surface area (Å²) < 4.78 is 34.4. The van der Waals surface area contributed by atoms with Crippen LogP contribution in [0.4, 0.5) is 8.78 Å². The molecular formula is C22H22F2N4O2S. The molecule has 0 fully saturated rings. The van der Waals surface area contributed by atoms with Gasteiger partial charge in [-0.2, -0.15) is 15.1 Å². The molecule has 0 saturated heterocycles. The van der Waals surface area contributed by atoms with Crippen molar-refractivity contribution in [3.05, 3.63) is 71.3 Å². The van der Waals surface area contributed by atoms with E-state index in [1.807, 2.05) is 30.3 Å². The van der Waals surface area contributed by atoms with Crippen LogP contribution < -0.4 is 5.73 Å². The Morgan fingerprint density at radius 2 is 1.90 bits per heavy atom. The molecule has 1 atom stereocenters. The van der Waals surface area contributed by atoms with Crippen LogP contribution in [0, 0.1) is 11.6 Å². The van der Waals surface area contributed by atoms with Crippen molar-refractivity contribution in [2.24, 2.45) is 15.8 Å². The van der Waals surface area contributed by atoms with Crippen molar-refractivity contribution in [3.63, 3.8) is 0 Å². The van der Waals surface area contributed by atoms with E-state index in [4.69, 9.17) is 10.5 Å². The summed E-state index contributed by atoms with van der Waals surface area (Å²) in [5, 5.41) is 6.36. The van der Waals surface area contributed by atoms with Crippen LogP contribution in [0.15, 0.2) is 58.6 Å². The number of ether oxygens (including phenoxy) is 1. The van der Waals surface area contributed by atoms with Crippen LogP contribution in [0.3, 0.4) is 0 Å². The van der Waals surface area contributed by atoms with Gasteiger partial charge in [-0.1, -0.05) is 42.1 Å². The van der Waals surface area contributed by atoms with Crippen LogP contribution >= 0.6 is 11.8 Å². The van der Waals surface area contributed by atoms with Crippen molar-refractivity contribution in [1.29, 1.82) is 0 Å². The molecule has 9 heteroatoms. The third-order valence-electron chi connectivity index (χ3n) is 5.14. The van der Waals surface area contributed by atoms with Crippen LogP contribution in [0.2, 0.25) is 0 Å². The Morgan fingerprint density at radius 1 is 1.16 bits per heavy atom. The van der Waals surface area contributed by atoms with Gasteiger partial charge < -0.3 is 10.5 Å². The van der Waals surface area contributed by atoms with Gasteiger partial charge in [0.25, 0.3) is 5.91 Å². The van der Waals surface area contributed by atoms with Crippen LogP contribution in [0.25, 0.3) is 0 Å². The minimum absolute atomic E-state index is 0.0233. The zero-order valence-electron chi connectivity index (χ0n) is 17.1. The Balaban J connectivity index is 1.87. The summed E-state index contributed by atoms with van der Waals surface area (Å²) in [7, 11) is 0. The number of carbonyl (C=O) groups is 1. The molecule has 1 amide bonds. The van der Waals surface area contributed by atoms with E-state index in [2.05, 4.69) is 10.1 Å². The van der Waals surface area contributed by atoms with Crippen molar-refractivity contribution < 1.29 is 18.3 Å². The SMILES string of the molecule is CC1(C)OC(N2N=C(c3cc(F)ccc3F)SC2(CCCN)c2ccccc2)=NC1=O. The van der Waals surface area contributed by atoms with E-state index in [1.165, 1.54) is 16.8 Å². The predicted molar refractivity (Wildman–Crippen MR) is 116 cm³/mol. The molecule has 0 aliphatic carbocycles. The molecule has 0 saturated carbocycles. The first-order chi connectivity index (χ1) is 14.8. The van der Waals surface area contributed by atoms with Crippen molar-refractivity contribution in [2.45, 2.75) is 37.2 Å². The summed E-state index contributed by atoms with van der Waals surface area (Å²) in [5.41, 5.74) is 5.55. The van der Waals surface area contributed by atoms with Gasteiger partial charge in [-0.15, -0.1) is 0 Å². The average Bonchev–Trinajstić information content (AvgIpc) is 3.26. The van der Waals surface area contributed by atoms with E-state index in [-0.39, 0.29) is 16.6 Å². The van der Waals surface area contributed by atoms with Crippen molar-refractivity contribution in [3.8, 4) is 0 Å². The first-order valence-electron chi connectivity index (χ1n) is 9.88. The molecule has 6 nitrogen and oxygen atoms in total. The quantitative estimate of drug-likeness (QED) is 0.755. The van der Waals surface area contributed by atoms with Crippen LogP contribution in [0.1, 0.15) is 37.8 Å². The minimum atomic E-state index is -1.14. The summed E-state index contributed by atoms with van der Waals surface area (Å²) in [6, 6.07) is 12.7. The molecule has 2 aromatic carbocycles. The topological polar surface area (TPSA) is 80.3 Å². The molecule has 0 spiro atoms. The summed E-state index contributed by atoms with van der Waals surface area (Å²) in [4.78, 5) is 15.5. The van der Waals surface area contributed by atoms with Gasteiger partial charge in [-0.05, 0) is 57.0 Å². The number of carbonyl (C=O) groups excluding carboxylic acids is 1. The highest BCUT2D eigenvalue weighted by molar-refractivity contribution is 8.15. The molecule has 2 heterocycles. The fourth-order valence-corrected chi connectivity index (χ4v) is 4.91. The molecule has 4 rings (SSSR count). The van der Waals surface area contributed by atoms with Gasteiger partial charge in [-0.3, -0.25) is 4.79 Å². The highest BCUT2D eigenvalue weighted by Crippen LogP contribution is 2.51. The Kier molecular flexibility index (Phi) is 5.57. The Morgan fingerprint density at radius 3 is 2.55 bits per heavy atom. The number of nitrogens with zero attached hydrogens (tertiary/aromatic N) is 3. The largest absolute Gasteiger partial charge is 0.447 e. The second-order valence-corrected chi connectivity index (χ2v) is 9.06. The first-order valence-corrected chi connectivity index (χ1v) is 10.7. The second-order valence-electron chi connectivity index (χ2n) is 7.80. The third kappa shape index (κ3) is 3.83. The van der Waals surface area contributed by atoms with E-state index in [9.17, 15) is 13.6 Å². The van der Waals surface area contributed by atoms with Crippen molar-refractivity contribution in [1.82, 2.24) is 5.01 Å². The Bertz CT molecular complexity index is 1070. The third-order valence-corrected chi connectivity index (χ3v) is 6.59. The number of nitrogens with two attached hydrogens (primary N) is 1. The molecule has 1 unspecified atom stereocenters. The second kappa shape index (κ2) is 8.05. The smallest absolute Gasteiger partial charge is 0.319 e. The van der Waals surface area contributed by atoms with Crippen LogP contribution in [-0.2, 0) is 14.4 Å². The Hall–Kier alpha value is -2.78. The van der Waals surface area contributed by atoms with Gasteiger partial charge in [0.2, 0.25) is 0 Å². The van der Waals surface area contributed by atoms with Crippen LogP contribution in [0.5, 0.6) is 0 Å². The zero-order valence-corrected chi connectivity index (χ0v) is 18.0. The number of rotatable bonds is 5. The summed E-state index contributed by atoms with van der Waals surface area (Å²) >= 11 is 1.27. The molecule has 2 aromatic rings. The van der Waals surface area contributed by atoms with E-state index >= 15 is 0 Å². The predicted octanol–water partition coefficient (Wildman–Crippen LogP) is 3.96. The standard InChI is InChI=1S/C22H22F2N4O2S/c1-21(2)19(29)26-20(30-21)28-22(11-6-12-25,14-7-4-3-5-8-14)31-18(27-28)16-13-15(23)9-10-17(16)24/h3-5,7-10,13H,6,11-12,25H2,1-2H3. The lowest BCUT2D eigenvalue weighted by Crippen LogP contribution is -2.43. The molecule has 2 aliphatic rings. The first kappa shape index (κ1) is 21.5. The number of hydrazone groups is 1. The molecule has 0 radical (unpaired) electrons. The molecule has 2 N–H and O–H groups in total. The van der Waals surface area contributed by atoms with E-state index in [1.54, 1.807) is 13.8 Å². The number of benzene rings is 2. The number of thioether (sulfide) groups is 1. The summed E-state index contributed by atoms with van der Waals surface area (Å²) in [6.07, 6.45) is 1.14. The van der Waals surface area contributed by atoms with Crippen molar-refractivity contribution in [2.75, 3.05) is 6.54 Å². The zero-order chi connectivity index (χ0) is 22.2. The molecule has 2 aliphatic heterocycles. The maximum Gasteiger partial charge on any atom is 0.319 e. The number of amidine groups is 1. The monoisotopic (exact) mass is 444 g/mol. The Labute approximate surface area is 183 Å². The highest BCUT2D eigenvalue weighted by Gasteiger charge is 2.52. The maximum absolute atomic E-state index is 14.6. The highest BCUT2D eigenvalue weighted by atomic mass is 32.2. The minimum Gasteiger partial charge on any atom is -0.447 e. The summed E-state index contributed by atoms with van der Waals surface area (Å²) in [6.45, 7) is 3.66. The summed E-state index contributed by atoms with van der Waals surface area (Å²) in [5.74, 6) is -1.61. The van der Waals surface area contributed by atoms with Gasteiger partial charge >= 0.3 is 6.02 Å². The number of hydrogen-bond donors (Lipinski definition) is 1. The van der Waals surface area contributed by atoms with E-state index in [0.717, 1.165) is 23.8 Å². The molecule has 31 heavy (non-hydrogen) atoms. The maximum atomic E-state index is 14.6.